The first-order valence-corrected chi connectivity index (χ1v) is 8.17. The monoisotopic (exact) mass is 267 g/mol. The third-order valence-electron chi connectivity index (χ3n) is 5.84. The summed E-state index contributed by atoms with van der Waals surface area (Å²) in [7, 11) is 2.17. The summed E-state index contributed by atoms with van der Waals surface area (Å²) in [4.78, 5) is 2.36. The van der Waals surface area contributed by atoms with Crippen LogP contribution >= 0.6 is 0 Å². The van der Waals surface area contributed by atoms with E-state index in [4.69, 9.17) is 4.74 Å². The van der Waals surface area contributed by atoms with Crippen molar-refractivity contribution in [2.24, 2.45) is 5.92 Å². The molecule has 3 aliphatic rings. The average Bonchev–Trinajstić information content (AvgIpc) is 2.76. The molecule has 0 aromatic heterocycles. The number of likely N-dealkylation sites (tertiary alicyclic amines) is 1. The van der Waals surface area contributed by atoms with E-state index in [1.165, 1.54) is 25.7 Å². The first-order chi connectivity index (χ1) is 9.12. The van der Waals surface area contributed by atoms with Gasteiger partial charge in [-0.05, 0) is 64.5 Å². The lowest BCUT2D eigenvalue weighted by molar-refractivity contribution is -0.143. The van der Waals surface area contributed by atoms with E-state index in [0.29, 0.717) is 5.92 Å². The van der Waals surface area contributed by atoms with Crippen molar-refractivity contribution in [3.8, 4) is 0 Å². The second kappa shape index (κ2) is 5.34. The van der Waals surface area contributed by atoms with Crippen LogP contribution in [0.15, 0.2) is 0 Å². The Kier molecular flexibility index (Phi) is 3.89. The average molecular weight is 267 g/mol. The topological polar surface area (TPSA) is 32.7 Å². The van der Waals surface area contributed by atoms with Crippen LogP contribution in [0.2, 0.25) is 0 Å². The minimum atomic E-state index is -0.426. The van der Waals surface area contributed by atoms with Crippen LogP contribution < -0.4 is 0 Å². The smallest absolute Gasteiger partial charge is 0.0690 e. The van der Waals surface area contributed by atoms with Gasteiger partial charge in [-0.2, -0.15) is 0 Å². The lowest BCUT2D eigenvalue weighted by atomic mass is 9.72. The van der Waals surface area contributed by atoms with E-state index in [1.807, 2.05) is 0 Å². The molecular weight excluding hydrogens is 238 g/mol. The fourth-order valence-corrected chi connectivity index (χ4v) is 4.54. The SMILES string of the molecule is CN1CCCC(O)(C2CCOC3(CCCC3)C2)CC1. The third kappa shape index (κ3) is 2.84. The zero-order valence-corrected chi connectivity index (χ0v) is 12.4. The maximum absolute atomic E-state index is 11.2. The Labute approximate surface area is 117 Å². The van der Waals surface area contributed by atoms with Gasteiger partial charge in [0.25, 0.3) is 0 Å². The molecule has 110 valence electrons. The third-order valence-corrected chi connectivity index (χ3v) is 5.84. The largest absolute Gasteiger partial charge is 0.390 e. The van der Waals surface area contributed by atoms with Gasteiger partial charge in [0.15, 0.2) is 0 Å². The predicted octanol–water partition coefficient (Wildman–Crippen LogP) is 2.57. The van der Waals surface area contributed by atoms with Crippen molar-refractivity contribution < 1.29 is 9.84 Å². The van der Waals surface area contributed by atoms with Gasteiger partial charge < -0.3 is 14.7 Å². The van der Waals surface area contributed by atoms with E-state index >= 15 is 0 Å². The molecular formula is C16H29NO2. The summed E-state index contributed by atoms with van der Waals surface area (Å²) >= 11 is 0. The van der Waals surface area contributed by atoms with Gasteiger partial charge in [0, 0.05) is 13.2 Å². The standard InChI is InChI=1S/C16H29NO2/c1-17-10-4-8-16(18,9-11-17)14-5-12-19-15(13-14)6-2-3-7-15/h14,18H,2-13H2,1H3. The van der Waals surface area contributed by atoms with Crippen molar-refractivity contribution in [1.29, 1.82) is 0 Å². The lowest BCUT2D eigenvalue weighted by Gasteiger charge is -2.45. The summed E-state index contributed by atoms with van der Waals surface area (Å²) in [5.74, 6) is 0.464. The van der Waals surface area contributed by atoms with Crippen LogP contribution in [0.5, 0.6) is 0 Å². The molecule has 2 unspecified atom stereocenters. The molecule has 0 aromatic carbocycles. The van der Waals surface area contributed by atoms with Crippen LogP contribution in [0.4, 0.5) is 0 Å². The van der Waals surface area contributed by atoms with E-state index < -0.39 is 5.60 Å². The highest BCUT2D eigenvalue weighted by Gasteiger charge is 2.47. The maximum Gasteiger partial charge on any atom is 0.0690 e. The van der Waals surface area contributed by atoms with Crippen LogP contribution in [0.3, 0.4) is 0 Å². The van der Waals surface area contributed by atoms with E-state index in [9.17, 15) is 5.11 Å². The fourth-order valence-electron chi connectivity index (χ4n) is 4.54. The molecule has 0 radical (unpaired) electrons. The summed E-state index contributed by atoms with van der Waals surface area (Å²) in [5, 5.41) is 11.2. The molecule has 1 saturated carbocycles. The Morgan fingerprint density at radius 3 is 2.63 bits per heavy atom. The van der Waals surface area contributed by atoms with Crippen molar-refractivity contribution in [3.63, 3.8) is 0 Å². The molecule has 1 spiro atoms. The number of nitrogens with zero attached hydrogens (tertiary/aromatic N) is 1. The second-order valence-electron chi connectivity index (χ2n) is 7.19. The summed E-state index contributed by atoms with van der Waals surface area (Å²) in [6, 6.07) is 0. The molecule has 2 aliphatic heterocycles. The molecule has 3 rings (SSSR count). The van der Waals surface area contributed by atoms with Crippen molar-refractivity contribution >= 4 is 0 Å². The highest BCUT2D eigenvalue weighted by molar-refractivity contribution is 4.98. The number of ether oxygens (including phenoxy) is 1. The van der Waals surface area contributed by atoms with E-state index in [-0.39, 0.29) is 5.60 Å². The van der Waals surface area contributed by atoms with Gasteiger partial charge in [0.2, 0.25) is 0 Å². The number of hydrogen-bond acceptors (Lipinski definition) is 3. The Morgan fingerprint density at radius 2 is 1.84 bits per heavy atom. The molecule has 0 bridgehead atoms. The van der Waals surface area contributed by atoms with Gasteiger partial charge in [-0.3, -0.25) is 0 Å². The summed E-state index contributed by atoms with van der Waals surface area (Å²) < 4.78 is 6.12. The van der Waals surface area contributed by atoms with Gasteiger partial charge in [-0.15, -0.1) is 0 Å². The van der Waals surface area contributed by atoms with Crippen molar-refractivity contribution in [1.82, 2.24) is 4.90 Å². The van der Waals surface area contributed by atoms with Gasteiger partial charge in [-0.25, -0.2) is 0 Å². The number of aliphatic hydroxyl groups is 1. The zero-order chi connectivity index (χ0) is 13.3. The molecule has 2 saturated heterocycles. The Bertz CT molecular complexity index is 314. The number of rotatable bonds is 1. The molecule has 3 heteroatoms. The highest BCUT2D eigenvalue weighted by atomic mass is 16.5. The van der Waals surface area contributed by atoms with Crippen LogP contribution in [-0.4, -0.2) is 48.0 Å². The van der Waals surface area contributed by atoms with Crippen LogP contribution in [0.25, 0.3) is 0 Å². The maximum atomic E-state index is 11.2. The van der Waals surface area contributed by atoms with E-state index in [2.05, 4.69) is 11.9 Å². The number of hydrogen-bond donors (Lipinski definition) is 1. The molecule has 2 atom stereocenters. The first kappa shape index (κ1) is 13.8. The summed E-state index contributed by atoms with van der Waals surface area (Å²) in [5.41, 5.74) is -0.291. The predicted molar refractivity (Wildman–Crippen MR) is 76.2 cm³/mol. The molecule has 1 aliphatic carbocycles. The van der Waals surface area contributed by atoms with Gasteiger partial charge in [0.1, 0.15) is 0 Å². The normalized spacial score (nSPS) is 40.4. The quantitative estimate of drug-likeness (QED) is 0.792. The van der Waals surface area contributed by atoms with Gasteiger partial charge in [0.05, 0.1) is 11.2 Å². The second-order valence-corrected chi connectivity index (χ2v) is 7.19. The Morgan fingerprint density at radius 1 is 1.05 bits per heavy atom. The molecule has 3 nitrogen and oxygen atoms in total. The minimum Gasteiger partial charge on any atom is -0.390 e. The van der Waals surface area contributed by atoms with Crippen molar-refractivity contribution in [2.75, 3.05) is 26.7 Å². The van der Waals surface area contributed by atoms with Crippen LogP contribution in [-0.2, 0) is 4.74 Å². The van der Waals surface area contributed by atoms with Crippen LogP contribution in [0, 0.1) is 5.92 Å². The van der Waals surface area contributed by atoms with Gasteiger partial charge >= 0.3 is 0 Å². The zero-order valence-electron chi connectivity index (χ0n) is 12.4. The molecule has 1 N–H and O–H groups in total. The fraction of sp³-hybridized carbons (Fsp3) is 1.00. The Hall–Kier alpha value is -0.120. The molecule has 2 heterocycles. The highest BCUT2D eigenvalue weighted by Crippen LogP contribution is 2.46. The summed E-state index contributed by atoms with van der Waals surface area (Å²) in [6.45, 7) is 3.04. The van der Waals surface area contributed by atoms with E-state index in [1.54, 1.807) is 0 Å². The van der Waals surface area contributed by atoms with Gasteiger partial charge in [-0.1, -0.05) is 12.8 Å². The lowest BCUT2D eigenvalue weighted by Crippen LogP contribution is -2.48. The molecule has 3 fully saturated rings. The van der Waals surface area contributed by atoms with Crippen molar-refractivity contribution in [3.05, 3.63) is 0 Å². The minimum absolute atomic E-state index is 0.136. The van der Waals surface area contributed by atoms with E-state index in [0.717, 1.165) is 51.8 Å². The first-order valence-electron chi connectivity index (χ1n) is 8.17. The molecule has 0 aromatic rings. The van der Waals surface area contributed by atoms with Crippen molar-refractivity contribution in [2.45, 2.75) is 69.0 Å². The van der Waals surface area contributed by atoms with Crippen LogP contribution in [0.1, 0.15) is 57.8 Å². The molecule has 0 amide bonds. The summed E-state index contributed by atoms with van der Waals surface area (Å²) in [6.07, 6.45) is 10.3. The molecule has 19 heavy (non-hydrogen) atoms. The Balaban J connectivity index is 1.69.